The molecule has 0 saturated heterocycles. The van der Waals surface area contributed by atoms with Gasteiger partial charge in [-0.15, -0.1) is 0 Å². The lowest BCUT2D eigenvalue weighted by atomic mass is 9.78. The van der Waals surface area contributed by atoms with E-state index in [0.717, 1.165) is 25.3 Å². The van der Waals surface area contributed by atoms with E-state index in [1.807, 2.05) is 6.92 Å². The van der Waals surface area contributed by atoms with Crippen LogP contribution in [0.25, 0.3) is 0 Å². The zero-order chi connectivity index (χ0) is 11.8. The minimum Gasteiger partial charge on any atom is -0.478 e. The van der Waals surface area contributed by atoms with E-state index >= 15 is 0 Å². The van der Waals surface area contributed by atoms with Crippen molar-refractivity contribution in [2.24, 2.45) is 0 Å². The van der Waals surface area contributed by atoms with Crippen molar-refractivity contribution in [3.63, 3.8) is 0 Å². The number of halogens is 1. The SMILES string of the molecule is CC1(Nc2cccc(F)c2C(=O)O)CCC1. The molecule has 1 saturated carbocycles. The molecule has 1 aromatic carbocycles. The summed E-state index contributed by atoms with van der Waals surface area (Å²) in [6.07, 6.45) is 3.10. The summed E-state index contributed by atoms with van der Waals surface area (Å²) in [6, 6.07) is 4.29. The number of carboxylic acid groups (broad SMARTS) is 1. The molecule has 4 heteroatoms. The first-order valence-corrected chi connectivity index (χ1v) is 5.32. The number of carboxylic acids is 1. The predicted molar refractivity (Wildman–Crippen MR) is 59.2 cm³/mol. The molecular formula is C12H14FNO2. The van der Waals surface area contributed by atoms with Crippen molar-refractivity contribution in [2.45, 2.75) is 31.7 Å². The summed E-state index contributed by atoms with van der Waals surface area (Å²) in [6.45, 7) is 2.02. The monoisotopic (exact) mass is 223 g/mol. The van der Waals surface area contributed by atoms with Gasteiger partial charge in [-0.2, -0.15) is 0 Å². The van der Waals surface area contributed by atoms with Crippen molar-refractivity contribution in [2.75, 3.05) is 5.32 Å². The molecule has 2 rings (SSSR count). The van der Waals surface area contributed by atoms with Gasteiger partial charge in [0, 0.05) is 5.54 Å². The quantitative estimate of drug-likeness (QED) is 0.828. The highest BCUT2D eigenvalue weighted by molar-refractivity contribution is 5.94. The fourth-order valence-corrected chi connectivity index (χ4v) is 2.00. The number of hydrogen-bond donors (Lipinski definition) is 2. The molecule has 3 nitrogen and oxygen atoms in total. The molecule has 1 fully saturated rings. The summed E-state index contributed by atoms with van der Waals surface area (Å²) in [5, 5.41) is 12.1. The normalized spacial score (nSPS) is 17.6. The van der Waals surface area contributed by atoms with Gasteiger partial charge in [-0.3, -0.25) is 0 Å². The molecule has 1 aromatic rings. The summed E-state index contributed by atoms with van der Waals surface area (Å²) >= 11 is 0. The van der Waals surface area contributed by atoms with E-state index in [1.54, 1.807) is 6.07 Å². The Morgan fingerprint density at radius 3 is 2.69 bits per heavy atom. The van der Waals surface area contributed by atoms with Crippen molar-refractivity contribution in [3.8, 4) is 0 Å². The van der Waals surface area contributed by atoms with Crippen molar-refractivity contribution in [1.82, 2.24) is 0 Å². The van der Waals surface area contributed by atoms with Crippen molar-refractivity contribution >= 4 is 11.7 Å². The zero-order valence-corrected chi connectivity index (χ0v) is 9.09. The standard InChI is InChI=1S/C12H14FNO2/c1-12(6-3-7-12)14-9-5-2-4-8(13)10(9)11(15)16/h2,4-5,14H,3,6-7H2,1H3,(H,15,16). The van der Waals surface area contributed by atoms with E-state index in [4.69, 9.17) is 5.11 Å². The number of carbonyl (C=O) groups is 1. The molecule has 1 aliphatic rings. The molecule has 0 amide bonds. The molecular weight excluding hydrogens is 209 g/mol. The lowest BCUT2D eigenvalue weighted by molar-refractivity contribution is 0.0693. The first-order valence-electron chi connectivity index (χ1n) is 5.32. The average Bonchev–Trinajstić information content (AvgIpc) is 2.14. The van der Waals surface area contributed by atoms with E-state index in [0.29, 0.717) is 5.69 Å². The fraction of sp³-hybridized carbons (Fsp3) is 0.417. The Balaban J connectivity index is 2.32. The first kappa shape index (κ1) is 10.9. The Morgan fingerprint density at radius 2 is 2.19 bits per heavy atom. The van der Waals surface area contributed by atoms with E-state index < -0.39 is 11.8 Å². The molecule has 2 N–H and O–H groups in total. The van der Waals surface area contributed by atoms with Crippen LogP contribution < -0.4 is 5.32 Å². The van der Waals surface area contributed by atoms with Gasteiger partial charge < -0.3 is 10.4 Å². The summed E-state index contributed by atoms with van der Waals surface area (Å²) in [5.41, 5.74) is 0.0168. The molecule has 0 aromatic heterocycles. The van der Waals surface area contributed by atoms with Crippen molar-refractivity contribution in [1.29, 1.82) is 0 Å². The Bertz CT molecular complexity index is 427. The van der Waals surface area contributed by atoms with Gasteiger partial charge in [-0.05, 0) is 38.3 Å². The first-order chi connectivity index (χ1) is 7.52. The highest BCUT2D eigenvalue weighted by Crippen LogP contribution is 2.35. The van der Waals surface area contributed by atoms with Gasteiger partial charge in [0.2, 0.25) is 0 Å². The van der Waals surface area contributed by atoms with Crippen LogP contribution >= 0.6 is 0 Å². The van der Waals surface area contributed by atoms with Gasteiger partial charge in [-0.25, -0.2) is 9.18 Å². The lowest BCUT2D eigenvalue weighted by Gasteiger charge is -2.40. The van der Waals surface area contributed by atoms with Crippen molar-refractivity contribution < 1.29 is 14.3 Å². The number of anilines is 1. The molecule has 0 radical (unpaired) electrons. The fourth-order valence-electron chi connectivity index (χ4n) is 2.00. The minimum atomic E-state index is -1.23. The maximum Gasteiger partial charge on any atom is 0.340 e. The number of aromatic carboxylic acids is 1. The van der Waals surface area contributed by atoms with Crippen LogP contribution in [0, 0.1) is 5.82 Å². The second-order valence-corrected chi connectivity index (χ2v) is 4.51. The Labute approximate surface area is 93.3 Å². The summed E-state index contributed by atoms with van der Waals surface area (Å²) in [4.78, 5) is 11.0. The van der Waals surface area contributed by atoms with E-state index in [9.17, 15) is 9.18 Å². The minimum absolute atomic E-state index is 0.0853. The summed E-state index contributed by atoms with van der Waals surface area (Å²) in [7, 11) is 0. The number of rotatable bonds is 3. The van der Waals surface area contributed by atoms with Crippen LogP contribution in [0.2, 0.25) is 0 Å². The number of hydrogen-bond acceptors (Lipinski definition) is 2. The molecule has 0 atom stereocenters. The third-order valence-electron chi connectivity index (χ3n) is 3.12. The molecule has 0 aliphatic heterocycles. The average molecular weight is 223 g/mol. The van der Waals surface area contributed by atoms with Crippen LogP contribution in [0.3, 0.4) is 0 Å². The van der Waals surface area contributed by atoms with Crippen LogP contribution in [-0.4, -0.2) is 16.6 Å². The van der Waals surface area contributed by atoms with Crippen molar-refractivity contribution in [3.05, 3.63) is 29.6 Å². The molecule has 0 bridgehead atoms. The maximum absolute atomic E-state index is 13.4. The number of benzene rings is 1. The molecule has 0 heterocycles. The Hall–Kier alpha value is -1.58. The smallest absolute Gasteiger partial charge is 0.340 e. The third-order valence-corrected chi connectivity index (χ3v) is 3.12. The summed E-state index contributed by atoms with van der Waals surface area (Å²) < 4.78 is 13.4. The molecule has 0 spiro atoms. The second kappa shape index (κ2) is 3.77. The van der Waals surface area contributed by atoms with Gasteiger partial charge in [-0.1, -0.05) is 6.07 Å². The maximum atomic E-state index is 13.4. The molecule has 1 aliphatic carbocycles. The van der Waals surface area contributed by atoms with Gasteiger partial charge in [0.25, 0.3) is 0 Å². The van der Waals surface area contributed by atoms with Crippen LogP contribution in [0.4, 0.5) is 10.1 Å². The number of nitrogens with one attached hydrogen (secondary N) is 1. The second-order valence-electron chi connectivity index (χ2n) is 4.51. The highest BCUT2D eigenvalue weighted by atomic mass is 19.1. The third kappa shape index (κ3) is 1.87. The van der Waals surface area contributed by atoms with Gasteiger partial charge in [0.15, 0.2) is 0 Å². The van der Waals surface area contributed by atoms with Crippen LogP contribution in [0.1, 0.15) is 36.5 Å². The predicted octanol–water partition coefficient (Wildman–Crippen LogP) is 2.88. The van der Waals surface area contributed by atoms with E-state index in [2.05, 4.69) is 5.32 Å². The van der Waals surface area contributed by atoms with Gasteiger partial charge in [0.1, 0.15) is 11.4 Å². The zero-order valence-electron chi connectivity index (χ0n) is 9.09. The largest absolute Gasteiger partial charge is 0.478 e. The molecule has 16 heavy (non-hydrogen) atoms. The highest BCUT2D eigenvalue weighted by Gasteiger charge is 2.32. The lowest BCUT2D eigenvalue weighted by Crippen LogP contribution is -2.42. The summed E-state index contributed by atoms with van der Waals surface area (Å²) in [5.74, 6) is -1.93. The molecule has 0 unspecified atom stereocenters. The topological polar surface area (TPSA) is 49.3 Å². The van der Waals surface area contributed by atoms with Crippen LogP contribution in [0.5, 0.6) is 0 Å². The van der Waals surface area contributed by atoms with E-state index in [1.165, 1.54) is 6.07 Å². The molecule has 86 valence electrons. The van der Waals surface area contributed by atoms with Gasteiger partial charge >= 0.3 is 5.97 Å². The van der Waals surface area contributed by atoms with Gasteiger partial charge in [0.05, 0.1) is 5.69 Å². The van der Waals surface area contributed by atoms with Crippen LogP contribution in [-0.2, 0) is 0 Å². The van der Waals surface area contributed by atoms with E-state index in [-0.39, 0.29) is 11.1 Å². The van der Waals surface area contributed by atoms with Crippen LogP contribution in [0.15, 0.2) is 18.2 Å². The Morgan fingerprint density at radius 1 is 1.50 bits per heavy atom. The Kier molecular flexibility index (Phi) is 2.58.